The molecule has 10 heteroatoms. The zero-order chi connectivity index (χ0) is 20.2. The van der Waals surface area contributed by atoms with Gasteiger partial charge in [-0.05, 0) is 31.0 Å². The molecule has 0 saturated heterocycles. The molecule has 1 N–H and O–H groups in total. The Hall–Kier alpha value is -3.30. The van der Waals surface area contributed by atoms with Gasteiger partial charge in [0.15, 0.2) is 0 Å². The Morgan fingerprint density at radius 3 is 2.93 bits per heavy atom. The normalized spacial score (nSPS) is 19.4. The molecule has 154 valence electrons. The Morgan fingerprint density at radius 2 is 2.13 bits per heavy atom. The highest BCUT2D eigenvalue weighted by Gasteiger charge is 2.37. The van der Waals surface area contributed by atoms with Crippen LogP contribution in [-0.2, 0) is 6.42 Å². The second-order valence-electron chi connectivity index (χ2n) is 7.83. The van der Waals surface area contributed by atoms with Gasteiger partial charge in [0.05, 0.1) is 23.2 Å². The molecule has 0 bridgehead atoms. The Morgan fingerprint density at radius 1 is 1.23 bits per heavy atom. The van der Waals surface area contributed by atoms with Gasteiger partial charge in [-0.1, -0.05) is 11.5 Å². The van der Waals surface area contributed by atoms with Crippen molar-refractivity contribution in [3.05, 3.63) is 59.3 Å². The van der Waals surface area contributed by atoms with Gasteiger partial charge in [-0.3, -0.25) is 0 Å². The fourth-order valence-electron chi connectivity index (χ4n) is 4.32. The first-order valence-corrected chi connectivity index (χ1v) is 10.1. The summed E-state index contributed by atoms with van der Waals surface area (Å²) in [6, 6.07) is 4.72. The van der Waals surface area contributed by atoms with Gasteiger partial charge in [0, 0.05) is 36.3 Å². The Bertz CT molecular complexity index is 1210. The predicted molar refractivity (Wildman–Crippen MR) is 103 cm³/mol. The Kier molecular flexibility index (Phi) is 3.87. The van der Waals surface area contributed by atoms with Gasteiger partial charge < -0.3 is 14.3 Å². The minimum atomic E-state index is -2.58. The highest BCUT2D eigenvalue weighted by atomic mass is 19.3. The highest BCUT2D eigenvalue weighted by Crippen LogP contribution is 2.40. The van der Waals surface area contributed by atoms with Crippen LogP contribution in [0.15, 0.2) is 35.1 Å². The molecule has 4 aromatic heterocycles. The van der Waals surface area contributed by atoms with E-state index in [1.165, 1.54) is 17.0 Å². The van der Waals surface area contributed by atoms with Crippen molar-refractivity contribution in [1.82, 2.24) is 29.8 Å². The number of anilines is 1. The summed E-state index contributed by atoms with van der Waals surface area (Å²) in [4.78, 5) is 9.65. The van der Waals surface area contributed by atoms with E-state index < -0.39 is 12.5 Å². The van der Waals surface area contributed by atoms with Crippen LogP contribution < -0.4 is 4.90 Å². The van der Waals surface area contributed by atoms with Crippen molar-refractivity contribution in [3.8, 4) is 0 Å². The molecule has 0 aromatic carbocycles. The average molecular weight is 411 g/mol. The van der Waals surface area contributed by atoms with Crippen LogP contribution in [0.4, 0.5) is 14.8 Å². The first-order valence-electron chi connectivity index (χ1n) is 10.1. The smallest absolute Gasteiger partial charge is 0.319 e. The van der Waals surface area contributed by atoms with Crippen molar-refractivity contribution in [2.45, 2.75) is 44.1 Å². The number of H-pyrrole nitrogens is 1. The van der Waals surface area contributed by atoms with Crippen molar-refractivity contribution >= 4 is 11.5 Å². The molecule has 8 nitrogen and oxygen atoms in total. The van der Waals surface area contributed by atoms with Crippen LogP contribution >= 0.6 is 0 Å². The summed E-state index contributed by atoms with van der Waals surface area (Å²) in [6.07, 6.45) is 4.79. The van der Waals surface area contributed by atoms with Crippen molar-refractivity contribution in [2.75, 3.05) is 11.4 Å². The molecule has 0 radical (unpaired) electrons. The van der Waals surface area contributed by atoms with Gasteiger partial charge in [-0.2, -0.15) is 5.10 Å². The number of imidazole rings is 1. The largest absolute Gasteiger partial charge is 0.408 e. The maximum atomic E-state index is 13.5. The lowest BCUT2D eigenvalue weighted by molar-refractivity contribution is 0.152. The van der Waals surface area contributed by atoms with Crippen LogP contribution in [0.1, 0.15) is 66.2 Å². The number of alkyl halides is 2. The summed E-state index contributed by atoms with van der Waals surface area (Å²) in [5.41, 5.74) is 2.74. The number of hydrogen-bond donors (Lipinski definition) is 1. The fraction of sp³-hybridized carbons (Fsp3) is 0.400. The summed E-state index contributed by atoms with van der Waals surface area (Å²) in [5, 5.41) is 13.1. The molecule has 6 rings (SSSR count). The zero-order valence-corrected chi connectivity index (χ0v) is 16.0. The van der Waals surface area contributed by atoms with Gasteiger partial charge in [-0.25, -0.2) is 18.3 Å². The molecule has 1 aliphatic carbocycles. The molecule has 1 atom stereocenters. The zero-order valence-electron chi connectivity index (χ0n) is 16.0. The lowest BCUT2D eigenvalue weighted by atomic mass is 9.85. The van der Waals surface area contributed by atoms with Gasteiger partial charge in [0.1, 0.15) is 6.04 Å². The molecule has 4 aromatic rings. The van der Waals surface area contributed by atoms with Crippen molar-refractivity contribution in [3.63, 3.8) is 0 Å². The molecule has 2 aliphatic rings. The minimum absolute atomic E-state index is 0.0501. The number of aromatic amines is 1. The number of halogens is 2. The van der Waals surface area contributed by atoms with Crippen molar-refractivity contribution in [2.24, 2.45) is 0 Å². The summed E-state index contributed by atoms with van der Waals surface area (Å²) in [6.45, 7) is 0.627. The van der Waals surface area contributed by atoms with E-state index in [9.17, 15) is 8.78 Å². The Labute approximate surface area is 169 Å². The summed E-state index contributed by atoms with van der Waals surface area (Å²) in [7, 11) is 0. The summed E-state index contributed by atoms with van der Waals surface area (Å²) >= 11 is 0. The number of fused-ring (bicyclic) bond motifs is 2. The van der Waals surface area contributed by atoms with Gasteiger partial charge in [0.2, 0.25) is 5.89 Å². The van der Waals surface area contributed by atoms with Crippen molar-refractivity contribution < 1.29 is 13.2 Å². The molecule has 1 saturated carbocycles. The lowest BCUT2D eigenvalue weighted by Crippen LogP contribution is -2.37. The number of pyridine rings is 1. The second kappa shape index (κ2) is 6.61. The first kappa shape index (κ1) is 17.5. The molecule has 30 heavy (non-hydrogen) atoms. The monoisotopic (exact) mass is 411 g/mol. The number of rotatable bonds is 4. The molecular weight excluding hydrogens is 392 g/mol. The molecule has 5 heterocycles. The molecule has 1 aliphatic heterocycles. The van der Waals surface area contributed by atoms with Crippen LogP contribution in [0.25, 0.3) is 5.52 Å². The molecule has 0 spiro atoms. The van der Waals surface area contributed by atoms with Crippen LogP contribution in [-0.4, -0.2) is 36.3 Å². The van der Waals surface area contributed by atoms with Crippen LogP contribution in [0.5, 0.6) is 0 Å². The number of nitrogens with one attached hydrogen (secondary N) is 1. The maximum Gasteiger partial charge on any atom is 0.319 e. The van der Waals surface area contributed by atoms with E-state index in [2.05, 4.69) is 25.3 Å². The third-order valence-electron chi connectivity index (χ3n) is 6.12. The number of aromatic nitrogens is 6. The SMILES string of the molecule is FC(F)c1cccn2nc([C@@H]3c4nc[nH]c4CCN3c3nnc(C4CCC4)o3)cc12. The van der Waals surface area contributed by atoms with E-state index in [0.717, 1.165) is 30.7 Å². The summed E-state index contributed by atoms with van der Waals surface area (Å²) < 4.78 is 34.5. The fourth-order valence-corrected chi connectivity index (χ4v) is 4.32. The van der Waals surface area contributed by atoms with Gasteiger partial charge in [0.25, 0.3) is 6.43 Å². The maximum absolute atomic E-state index is 13.5. The average Bonchev–Trinajstić information content (AvgIpc) is 3.43. The quantitative estimate of drug-likeness (QED) is 0.550. The minimum Gasteiger partial charge on any atom is -0.408 e. The van der Waals surface area contributed by atoms with Gasteiger partial charge >= 0.3 is 6.01 Å². The number of hydrogen-bond acceptors (Lipinski definition) is 6. The standard InChI is InChI=1S/C20H19F2N7O/c21-18(22)12-5-2-7-29-15(12)9-14(27-29)17-16-13(23-10-24-16)6-8-28(17)20-26-25-19(30-20)11-3-1-4-11/h2,5,7,9-11,17-18H,1,3-4,6,8H2,(H,23,24)/t17-/m1/s1. The second-order valence-corrected chi connectivity index (χ2v) is 7.83. The first-order chi connectivity index (χ1) is 14.7. The topological polar surface area (TPSA) is 88.1 Å². The van der Waals surface area contributed by atoms with E-state index in [0.29, 0.717) is 35.6 Å². The van der Waals surface area contributed by atoms with E-state index >= 15 is 0 Å². The van der Waals surface area contributed by atoms with Crippen LogP contribution in [0.3, 0.4) is 0 Å². The predicted octanol–water partition coefficient (Wildman–Crippen LogP) is 3.80. The van der Waals surface area contributed by atoms with E-state index in [-0.39, 0.29) is 5.56 Å². The van der Waals surface area contributed by atoms with Gasteiger partial charge in [-0.15, -0.1) is 5.10 Å². The van der Waals surface area contributed by atoms with Crippen LogP contribution in [0.2, 0.25) is 0 Å². The number of nitrogens with zero attached hydrogens (tertiary/aromatic N) is 6. The van der Waals surface area contributed by atoms with E-state index in [1.807, 2.05) is 4.90 Å². The summed E-state index contributed by atoms with van der Waals surface area (Å²) in [5.74, 6) is 0.997. The third-order valence-corrected chi connectivity index (χ3v) is 6.12. The lowest BCUT2D eigenvalue weighted by Gasteiger charge is -2.32. The molecular formula is C20H19F2N7O. The molecule has 1 fully saturated rings. The van der Waals surface area contributed by atoms with Crippen LogP contribution in [0, 0.1) is 0 Å². The van der Waals surface area contributed by atoms with E-state index in [4.69, 9.17) is 4.42 Å². The third kappa shape index (κ3) is 2.62. The highest BCUT2D eigenvalue weighted by molar-refractivity contribution is 5.58. The molecule has 0 unspecified atom stereocenters. The van der Waals surface area contributed by atoms with E-state index in [1.54, 1.807) is 24.7 Å². The molecule has 0 amide bonds. The van der Waals surface area contributed by atoms with Crippen molar-refractivity contribution in [1.29, 1.82) is 0 Å². The Balaban J connectivity index is 1.46.